The van der Waals surface area contributed by atoms with Crippen LogP contribution in [0.25, 0.3) is 0 Å². The number of rotatable bonds is 3. The van der Waals surface area contributed by atoms with E-state index in [0.29, 0.717) is 0 Å². The van der Waals surface area contributed by atoms with Gasteiger partial charge >= 0.3 is 5.97 Å². The highest BCUT2D eigenvalue weighted by Crippen LogP contribution is 2.32. The Hall–Kier alpha value is -1.55. The zero-order valence-electron chi connectivity index (χ0n) is 8.71. The molecule has 4 nitrogen and oxygen atoms in total. The summed E-state index contributed by atoms with van der Waals surface area (Å²) in [5, 5.41) is 8.68. The van der Waals surface area contributed by atoms with Crippen molar-refractivity contribution in [2.45, 2.75) is 13.3 Å². The average Bonchev–Trinajstić information content (AvgIpc) is 2.28. The van der Waals surface area contributed by atoms with Gasteiger partial charge in [0, 0.05) is 10.7 Å². The molecule has 90 valence electrons. The number of carbonyl (C=O) groups is 1. The van der Waals surface area contributed by atoms with Crippen LogP contribution in [0.5, 0.6) is 0 Å². The molecule has 0 aliphatic heterocycles. The summed E-state index contributed by atoms with van der Waals surface area (Å²) in [6.07, 6.45) is -1.88. The molecule has 0 saturated heterocycles. The molecule has 0 fully saturated rings. The molecule has 0 atom stereocenters. The van der Waals surface area contributed by atoms with Gasteiger partial charge < -0.3 is 4.74 Å². The van der Waals surface area contributed by atoms with E-state index in [0.717, 1.165) is 6.20 Å². The summed E-state index contributed by atoms with van der Waals surface area (Å²) in [5.74, 6) is -0.937. The quantitative estimate of drug-likeness (QED) is 0.806. The van der Waals surface area contributed by atoms with Gasteiger partial charge in [-0.25, -0.2) is 18.6 Å². The van der Waals surface area contributed by atoms with Crippen molar-refractivity contribution in [2.24, 2.45) is 0 Å². The summed E-state index contributed by atoms with van der Waals surface area (Å²) in [7, 11) is 0. The standard InChI is InChI=1S/C10H7BrF2N2O2/c1-2-17-10(16)8-6(9(12)13)7(11)5(3-14)4-15-8/h4,9H,2H2,1H3. The molecule has 17 heavy (non-hydrogen) atoms. The number of hydrogen-bond donors (Lipinski definition) is 0. The van der Waals surface area contributed by atoms with E-state index in [4.69, 9.17) is 5.26 Å². The maximum absolute atomic E-state index is 12.8. The lowest BCUT2D eigenvalue weighted by molar-refractivity contribution is 0.0507. The molecule has 7 heteroatoms. The van der Waals surface area contributed by atoms with Crippen LogP contribution >= 0.6 is 15.9 Å². The third-order valence-corrected chi connectivity index (χ3v) is 2.71. The molecular weight excluding hydrogens is 298 g/mol. The van der Waals surface area contributed by atoms with Crippen LogP contribution in [0, 0.1) is 11.3 Å². The highest BCUT2D eigenvalue weighted by atomic mass is 79.9. The van der Waals surface area contributed by atoms with E-state index in [2.05, 4.69) is 25.7 Å². The average molecular weight is 305 g/mol. The Morgan fingerprint density at radius 2 is 2.35 bits per heavy atom. The van der Waals surface area contributed by atoms with Crippen molar-refractivity contribution < 1.29 is 18.3 Å². The molecule has 0 N–H and O–H groups in total. The Balaban J connectivity index is 3.37. The smallest absolute Gasteiger partial charge is 0.357 e. The molecule has 1 rings (SSSR count). The van der Waals surface area contributed by atoms with Crippen molar-refractivity contribution in [3.05, 3.63) is 27.5 Å². The fraction of sp³-hybridized carbons (Fsp3) is 0.300. The monoisotopic (exact) mass is 304 g/mol. The van der Waals surface area contributed by atoms with Crippen molar-refractivity contribution in [3.8, 4) is 6.07 Å². The number of nitrogens with zero attached hydrogens (tertiary/aromatic N) is 2. The second-order valence-electron chi connectivity index (χ2n) is 2.88. The first kappa shape index (κ1) is 13.5. The normalized spacial score (nSPS) is 10.1. The van der Waals surface area contributed by atoms with Crippen LogP contribution in [0.4, 0.5) is 8.78 Å². The Morgan fingerprint density at radius 1 is 1.71 bits per heavy atom. The number of carbonyl (C=O) groups excluding carboxylic acids is 1. The van der Waals surface area contributed by atoms with E-state index in [1.807, 2.05) is 0 Å². The summed E-state index contributed by atoms with van der Waals surface area (Å²) in [6.45, 7) is 1.61. The predicted octanol–water partition coefficient (Wildman–Crippen LogP) is 2.83. The molecule has 0 spiro atoms. The van der Waals surface area contributed by atoms with Gasteiger partial charge in [0.05, 0.1) is 17.7 Å². The molecular formula is C10H7BrF2N2O2. The number of ether oxygens (including phenoxy) is 1. The third kappa shape index (κ3) is 2.77. The van der Waals surface area contributed by atoms with Crippen molar-refractivity contribution in [2.75, 3.05) is 6.61 Å². The van der Waals surface area contributed by atoms with E-state index < -0.39 is 23.7 Å². The first-order valence-corrected chi connectivity index (χ1v) is 5.36. The second-order valence-corrected chi connectivity index (χ2v) is 3.67. The number of pyridine rings is 1. The summed E-state index contributed by atoms with van der Waals surface area (Å²) < 4.78 is 30.1. The van der Waals surface area contributed by atoms with Gasteiger partial charge in [-0.3, -0.25) is 0 Å². The Labute approximate surface area is 104 Å². The second kappa shape index (κ2) is 5.68. The molecule has 0 radical (unpaired) electrons. The minimum Gasteiger partial charge on any atom is -0.461 e. The van der Waals surface area contributed by atoms with Crippen molar-refractivity contribution in [1.29, 1.82) is 5.26 Å². The number of halogens is 3. The zero-order valence-corrected chi connectivity index (χ0v) is 10.3. The zero-order chi connectivity index (χ0) is 13.0. The van der Waals surface area contributed by atoms with E-state index in [1.165, 1.54) is 0 Å². The van der Waals surface area contributed by atoms with Gasteiger partial charge in [-0.1, -0.05) is 0 Å². The molecule has 0 aliphatic carbocycles. The fourth-order valence-electron chi connectivity index (χ4n) is 1.14. The number of nitriles is 1. The number of esters is 1. The molecule has 0 aliphatic rings. The van der Waals surface area contributed by atoms with Crippen molar-refractivity contribution in [3.63, 3.8) is 0 Å². The van der Waals surface area contributed by atoms with E-state index in [-0.39, 0.29) is 16.6 Å². The maximum Gasteiger partial charge on any atom is 0.357 e. The molecule has 0 unspecified atom stereocenters. The molecule has 1 aromatic rings. The highest BCUT2D eigenvalue weighted by Gasteiger charge is 2.25. The van der Waals surface area contributed by atoms with Crippen molar-refractivity contribution in [1.82, 2.24) is 4.98 Å². The largest absolute Gasteiger partial charge is 0.461 e. The number of alkyl halides is 2. The van der Waals surface area contributed by atoms with Gasteiger partial charge in [-0.05, 0) is 22.9 Å². The first-order valence-electron chi connectivity index (χ1n) is 4.56. The molecule has 1 aromatic heterocycles. The SMILES string of the molecule is CCOC(=O)c1ncc(C#N)c(Br)c1C(F)F. The van der Waals surface area contributed by atoms with Gasteiger partial charge in [0.1, 0.15) is 6.07 Å². The molecule has 0 aromatic carbocycles. The minimum atomic E-state index is -2.93. The number of aromatic nitrogens is 1. The maximum atomic E-state index is 12.8. The van der Waals surface area contributed by atoms with Crippen LogP contribution in [-0.2, 0) is 4.74 Å². The summed E-state index contributed by atoms with van der Waals surface area (Å²) in [4.78, 5) is 14.9. The molecule has 0 bridgehead atoms. The van der Waals surface area contributed by atoms with Crippen LogP contribution in [0.3, 0.4) is 0 Å². The Kier molecular flexibility index (Phi) is 4.52. The van der Waals surface area contributed by atoms with Gasteiger partial charge in [0.25, 0.3) is 6.43 Å². The lowest BCUT2D eigenvalue weighted by Gasteiger charge is -2.09. The van der Waals surface area contributed by atoms with Crippen molar-refractivity contribution >= 4 is 21.9 Å². The molecule has 1 heterocycles. The minimum absolute atomic E-state index is 0.0564. The Morgan fingerprint density at radius 3 is 2.82 bits per heavy atom. The van der Waals surface area contributed by atoms with E-state index in [9.17, 15) is 13.6 Å². The summed E-state index contributed by atoms with van der Waals surface area (Å²) in [6, 6.07) is 1.69. The highest BCUT2D eigenvalue weighted by molar-refractivity contribution is 9.10. The van der Waals surface area contributed by atoms with Crippen LogP contribution in [-0.4, -0.2) is 17.6 Å². The van der Waals surface area contributed by atoms with Gasteiger partial charge in [0.15, 0.2) is 5.69 Å². The van der Waals surface area contributed by atoms with Crippen LogP contribution in [0.15, 0.2) is 10.7 Å². The first-order chi connectivity index (χ1) is 8.02. The Bertz CT molecular complexity index is 486. The van der Waals surface area contributed by atoms with Gasteiger partial charge in [0.2, 0.25) is 0 Å². The van der Waals surface area contributed by atoms with E-state index in [1.54, 1.807) is 13.0 Å². The lowest BCUT2D eigenvalue weighted by atomic mass is 10.1. The number of hydrogen-bond acceptors (Lipinski definition) is 4. The van der Waals surface area contributed by atoms with E-state index >= 15 is 0 Å². The van der Waals surface area contributed by atoms with Crippen LogP contribution < -0.4 is 0 Å². The molecule has 0 saturated carbocycles. The third-order valence-electron chi connectivity index (χ3n) is 1.86. The predicted molar refractivity (Wildman–Crippen MR) is 57.6 cm³/mol. The van der Waals surface area contributed by atoms with Gasteiger partial charge in [-0.15, -0.1) is 0 Å². The fourth-order valence-corrected chi connectivity index (χ4v) is 1.70. The van der Waals surface area contributed by atoms with Crippen LogP contribution in [0.2, 0.25) is 0 Å². The summed E-state index contributed by atoms with van der Waals surface area (Å²) >= 11 is 2.86. The topological polar surface area (TPSA) is 63.0 Å². The van der Waals surface area contributed by atoms with Crippen LogP contribution in [0.1, 0.15) is 35.0 Å². The molecule has 0 amide bonds. The summed E-state index contributed by atoms with van der Waals surface area (Å²) in [5.41, 5.74) is -1.16. The lowest BCUT2D eigenvalue weighted by Crippen LogP contribution is -2.12. The van der Waals surface area contributed by atoms with Gasteiger partial charge in [-0.2, -0.15) is 5.26 Å².